The fourth-order valence-electron chi connectivity index (χ4n) is 4.95. The normalized spacial score (nSPS) is 16.6. The molecule has 0 saturated heterocycles. The molecule has 0 saturated carbocycles. The van der Waals surface area contributed by atoms with Crippen LogP contribution in [0.25, 0.3) is 11.3 Å². The van der Waals surface area contributed by atoms with Gasteiger partial charge in [-0.3, -0.25) is 4.79 Å². The van der Waals surface area contributed by atoms with Crippen molar-refractivity contribution >= 4 is 22.4 Å². The van der Waals surface area contributed by atoms with Gasteiger partial charge in [0.05, 0.1) is 11.1 Å². The summed E-state index contributed by atoms with van der Waals surface area (Å²) in [7, 11) is 0. The molecule has 1 amide bonds. The summed E-state index contributed by atoms with van der Waals surface area (Å²) in [6, 6.07) is 16.5. The van der Waals surface area contributed by atoms with Crippen LogP contribution in [-0.4, -0.2) is 26.1 Å². The van der Waals surface area contributed by atoms with E-state index in [0.717, 1.165) is 34.5 Å². The molecule has 1 N–H and O–H groups in total. The number of nitrogens with zero attached hydrogens (tertiary/aromatic N) is 4. The Morgan fingerprint density at radius 1 is 1.03 bits per heavy atom. The molecule has 37 heavy (non-hydrogen) atoms. The molecule has 190 valence electrons. The lowest BCUT2D eigenvalue weighted by Crippen LogP contribution is -2.50. The minimum atomic E-state index is -0.912. The van der Waals surface area contributed by atoms with Gasteiger partial charge in [0.15, 0.2) is 0 Å². The summed E-state index contributed by atoms with van der Waals surface area (Å²) in [5.74, 6) is 1.37. The minimum Gasteiger partial charge on any atom is -0.420 e. The van der Waals surface area contributed by atoms with Crippen LogP contribution < -0.4 is 10.1 Å². The quantitative estimate of drug-likeness (QED) is 0.313. The second-order valence-electron chi connectivity index (χ2n) is 10.7. The Hall–Kier alpha value is -3.65. The molecule has 1 aliphatic heterocycles. The van der Waals surface area contributed by atoms with Gasteiger partial charge in [-0.05, 0) is 57.7 Å². The van der Waals surface area contributed by atoms with E-state index in [0.29, 0.717) is 22.8 Å². The van der Waals surface area contributed by atoms with Crippen LogP contribution >= 0.6 is 11.3 Å². The Labute approximate surface area is 221 Å². The number of ether oxygens (including phenoxy) is 1. The van der Waals surface area contributed by atoms with Gasteiger partial charge in [0.25, 0.3) is 0 Å². The Kier molecular flexibility index (Phi) is 6.31. The Bertz CT molecular complexity index is 1450. The van der Waals surface area contributed by atoms with E-state index in [1.165, 1.54) is 16.9 Å². The van der Waals surface area contributed by atoms with Crippen LogP contribution in [0, 0.1) is 18.3 Å². The smallest absolute Gasteiger partial charge is 0.233 e. The molecule has 0 fully saturated rings. The molecule has 3 aromatic heterocycles. The molecule has 0 spiro atoms. The van der Waals surface area contributed by atoms with Crippen molar-refractivity contribution in [3.8, 4) is 23.0 Å². The number of carbonyl (C=O) groups is 1. The van der Waals surface area contributed by atoms with Crippen molar-refractivity contribution in [2.75, 3.05) is 5.32 Å². The van der Waals surface area contributed by atoms with Crippen molar-refractivity contribution in [1.29, 1.82) is 0 Å². The number of hydrogen-bond acceptors (Lipinski definition) is 7. The molecule has 0 aliphatic carbocycles. The summed E-state index contributed by atoms with van der Waals surface area (Å²) in [4.78, 5) is 23.3. The number of benzene rings is 1. The summed E-state index contributed by atoms with van der Waals surface area (Å²) in [6.45, 7) is 12.3. The van der Waals surface area contributed by atoms with Crippen molar-refractivity contribution in [2.45, 2.75) is 53.4 Å². The highest BCUT2D eigenvalue weighted by Crippen LogP contribution is 2.55. The molecule has 4 aromatic rings. The average molecular weight is 514 g/mol. The van der Waals surface area contributed by atoms with Crippen LogP contribution in [0.1, 0.15) is 57.0 Å². The first-order chi connectivity index (χ1) is 17.6. The third-order valence-electron chi connectivity index (χ3n) is 7.42. The van der Waals surface area contributed by atoms with Gasteiger partial charge in [-0.2, -0.15) is 0 Å². The molecule has 1 atom stereocenters. The average Bonchev–Trinajstić information content (AvgIpc) is 3.36. The summed E-state index contributed by atoms with van der Waals surface area (Å²) < 4.78 is 6.30. The lowest BCUT2D eigenvalue weighted by atomic mass is 9.58. The zero-order valence-electron chi connectivity index (χ0n) is 22.0. The standard InChI is InChI=1S/C29H31N5O2S/c1-17(2)15-19-8-10-20(11-9-19)23-14-13-22-25(32-23)36-24-21(12-7-18(3)31-24)29(22,6)28(4,5)26(35)33-27-34-30-16-37-27/h7-14,16-17H,15H2,1-6H3,(H,33,34,35). The highest BCUT2D eigenvalue weighted by Gasteiger charge is 2.54. The highest BCUT2D eigenvalue weighted by molar-refractivity contribution is 7.13. The highest BCUT2D eigenvalue weighted by atomic mass is 32.1. The number of aryl methyl sites for hydroxylation is 1. The Morgan fingerprint density at radius 3 is 2.35 bits per heavy atom. The van der Waals surface area contributed by atoms with Gasteiger partial charge in [-0.15, -0.1) is 10.2 Å². The molecule has 1 aliphatic rings. The maximum Gasteiger partial charge on any atom is 0.233 e. The van der Waals surface area contributed by atoms with E-state index in [9.17, 15) is 4.79 Å². The molecule has 1 aromatic carbocycles. The van der Waals surface area contributed by atoms with E-state index in [1.807, 2.05) is 45.0 Å². The lowest BCUT2D eigenvalue weighted by Gasteiger charge is -2.46. The number of fused-ring (bicyclic) bond motifs is 2. The van der Waals surface area contributed by atoms with Crippen LogP contribution in [0.15, 0.2) is 54.0 Å². The predicted octanol–water partition coefficient (Wildman–Crippen LogP) is 6.58. The van der Waals surface area contributed by atoms with Gasteiger partial charge in [-0.1, -0.05) is 61.6 Å². The number of carbonyl (C=O) groups excluding carboxylic acids is 1. The fraction of sp³-hybridized carbons (Fsp3) is 0.345. The third-order valence-corrected chi connectivity index (χ3v) is 8.03. The van der Waals surface area contributed by atoms with E-state index in [2.05, 4.69) is 65.5 Å². The van der Waals surface area contributed by atoms with Crippen molar-refractivity contribution in [1.82, 2.24) is 20.2 Å². The molecule has 5 rings (SSSR count). The third kappa shape index (κ3) is 4.39. The summed E-state index contributed by atoms with van der Waals surface area (Å²) in [6.07, 6.45) is 1.04. The summed E-state index contributed by atoms with van der Waals surface area (Å²) >= 11 is 1.29. The molecule has 7 nitrogen and oxygen atoms in total. The Balaban J connectivity index is 1.59. The first-order valence-corrected chi connectivity index (χ1v) is 13.3. The van der Waals surface area contributed by atoms with Gasteiger partial charge < -0.3 is 10.1 Å². The van der Waals surface area contributed by atoms with Gasteiger partial charge >= 0.3 is 0 Å². The van der Waals surface area contributed by atoms with Crippen LogP contribution in [0.5, 0.6) is 11.8 Å². The molecule has 4 heterocycles. The zero-order valence-corrected chi connectivity index (χ0v) is 22.8. The topological polar surface area (TPSA) is 89.9 Å². The number of nitrogens with one attached hydrogen (secondary N) is 1. The van der Waals surface area contributed by atoms with Crippen molar-refractivity contribution in [3.63, 3.8) is 0 Å². The van der Waals surface area contributed by atoms with Crippen LogP contribution in [0.4, 0.5) is 5.13 Å². The maximum atomic E-state index is 13.7. The van der Waals surface area contributed by atoms with Crippen molar-refractivity contribution in [3.05, 3.63) is 76.4 Å². The van der Waals surface area contributed by atoms with E-state index >= 15 is 0 Å². The number of amides is 1. The van der Waals surface area contributed by atoms with E-state index in [-0.39, 0.29) is 5.91 Å². The van der Waals surface area contributed by atoms with Crippen molar-refractivity contribution in [2.24, 2.45) is 11.3 Å². The molecule has 0 bridgehead atoms. The Morgan fingerprint density at radius 2 is 1.70 bits per heavy atom. The second-order valence-corrected chi connectivity index (χ2v) is 11.5. The summed E-state index contributed by atoms with van der Waals surface area (Å²) in [5.41, 5.74) is 5.54. The lowest BCUT2D eigenvalue weighted by molar-refractivity contribution is -0.126. The van der Waals surface area contributed by atoms with E-state index in [1.54, 1.807) is 5.51 Å². The van der Waals surface area contributed by atoms with Crippen LogP contribution in [0.3, 0.4) is 0 Å². The predicted molar refractivity (Wildman–Crippen MR) is 146 cm³/mol. The van der Waals surface area contributed by atoms with Gasteiger partial charge in [-0.25, -0.2) is 9.97 Å². The number of rotatable bonds is 6. The van der Waals surface area contributed by atoms with Gasteiger partial charge in [0.2, 0.25) is 22.8 Å². The molecular formula is C29H31N5O2S. The van der Waals surface area contributed by atoms with Gasteiger partial charge in [0, 0.05) is 27.8 Å². The number of aromatic nitrogens is 4. The van der Waals surface area contributed by atoms with Gasteiger partial charge in [0.1, 0.15) is 5.51 Å². The SMILES string of the molecule is Cc1ccc2c(n1)Oc1nc(-c3ccc(CC(C)C)cc3)ccc1C2(C)C(C)(C)C(=O)Nc1nncs1. The molecule has 0 radical (unpaired) electrons. The number of hydrogen-bond donors (Lipinski definition) is 1. The number of pyridine rings is 2. The monoisotopic (exact) mass is 513 g/mol. The summed E-state index contributed by atoms with van der Waals surface area (Å²) in [5, 5.41) is 11.2. The molecular weight excluding hydrogens is 482 g/mol. The van der Waals surface area contributed by atoms with E-state index < -0.39 is 10.8 Å². The first-order valence-electron chi connectivity index (χ1n) is 12.4. The van der Waals surface area contributed by atoms with E-state index in [4.69, 9.17) is 9.72 Å². The fourth-order valence-corrected chi connectivity index (χ4v) is 5.39. The second kappa shape index (κ2) is 9.34. The zero-order chi connectivity index (χ0) is 26.4. The van der Waals surface area contributed by atoms with Crippen molar-refractivity contribution < 1.29 is 9.53 Å². The molecule has 8 heteroatoms. The van der Waals surface area contributed by atoms with Crippen LogP contribution in [-0.2, 0) is 16.6 Å². The minimum absolute atomic E-state index is 0.170. The molecule has 1 unspecified atom stereocenters. The maximum absolute atomic E-state index is 13.7. The first kappa shape index (κ1) is 25.0. The largest absolute Gasteiger partial charge is 0.420 e. The van der Waals surface area contributed by atoms with Crippen LogP contribution in [0.2, 0.25) is 0 Å². The number of anilines is 1.